The number of nitrogens with two attached hydrogens (primary N) is 1. The Kier molecular flexibility index (Phi) is 14.0. The van der Waals surface area contributed by atoms with Crippen molar-refractivity contribution in [1.29, 1.82) is 0 Å². The van der Waals surface area contributed by atoms with Crippen LogP contribution in [0.15, 0.2) is 48.5 Å². The van der Waals surface area contributed by atoms with E-state index in [0.717, 1.165) is 6.54 Å². The zero-order chi connectivity index (χ0) is 21.1. The molecule has 2 aromatic rings. The van der Waals surface area contributed by atoms with E-state index in [-0.39, 0.29) is 38.8 Å². The third-order valence-corrected chi connectivity index (χ3v) is 4.00. The Labute approximate surface area is 182 Å². The van der Waals surface area contributed by atoms with Crippen molar-refractivity contribution in [2.24, 2.45) is 5.73 Å². The molecule has 0 unspecified atom stereocenters. The second kappa shape index (κ2) is 13.6. The van der Waals surface area contributed by atoms with Crippen LogP contribution in [0.2, 0.25) is 0 Å². The molecule has 0 heterocycles. The molecule has 0 aromatic heterocycles. The number of hydrogen-bond acceptors (Lipinski definition) is 3. The Hall–Kier alpha value is -1.51. The largest absolute Gasteiger partial charge is 2.00 e. The van der Waals surface area contributed by atoms with Gasteiger partial charge >= 0.3 is 16.5 Å². The smallest absolute Gasteiger partial charge is 0.872 e. The van der Waals surface area contributed by atoms with E-state index in [2.05, 4.69) is 48.5 Å². The standard InChI is InChI=1S/2C10H14O.C4H11N.Ni/c2*1-10(2,3)8-4-6-9(11)7-5-8;1-2-3-4-5;/h2*4-7,11H,1-3H3;2-5H2,1H3;/q;;;+2/p-2. The maximum absolute atomic E-state index is 10.7. The summed E-state index contributed by atoms with van der Waals surface area (Å²) in [4.78, 5) is 0. The Balaban J connectivity index is 0. The van der Waals surface area contributed by atoms with Gasteiger partial charge in [0.2, 0.25) is 0 Å². The van der Waals surface area contributed by atoms with E-state index in [0.29, 0.717) is 0 Å². The Morgan fingerprint density at radius 1 is 0.679 bits per heavy atom. The molecule has 0 fully saturated rings. The van der Waals surface area contributed by atoms with Crippen LogP contribution in [0.1, 0.15) is 72.4 Å². The van der Waals surface area contributed by atoms with Gasteiger partial charge < -0.3 is 15.9 Å². The maximum atomic E-state index is 10.7. The van der Waals surface area contributed by atoms with Crippen molar-refractivity contribution in [3.05, 3.63) is 59.7 Å². The first-order valence-corrected chi connectivity index (χ1v) is 9.67. The molecule has 0 saturated heterocycles. The van der Waals surface area contributed by atoms with Crippen molar-refractivity contribution in [1.82, 2.24) is 0 Å². The van der Waals surface area contributed by atoms with Crippen LogP contribution < -0.4 is 15.9 Å². The summed E-state index contributed by atoms with van der Waals surface area (Å²) in [7, 11) is 0. The molecule has 0 amide bonds. The Morgan fingerprint density at radius 2 is 0.964 bits per heavy atom. The van der Waals surface area contributed by atoms with Crippen molar-refractivity contribution >= 4 is 0 Å². The molecule has 2 N–H and O–H groups in total. The summed E-state index contributed by atoms with van der Waals surface area (Å²) >= 11 is 0. The summed E-state index contributed by atoms with van der Waals surface area (Å²) < 4.78 is 0. The molecule has 0 radical (unpaired) electrons. The first-order chi connectivity index (χ1) is 12.4. The summed E-state index contributed by atoms with van der Waals surface area (Å²) in [6.45, 7) is 15.8. The third-order valence-electron chi connectivity index (χ3n) is 4.00. The number of benzene rings is 2. The molecule has 4 heteroatoms. The molecule has 0 saturated carbocycles. The second-order valence-electron chi connectivity index (χ2n) is 8.69. The van der Waals surface area contributed by atoms with Crippen molar-refractivity contribution in [2.75, 3.05) is 6.54 Å². The molecule has 3 nitrogen and oxygen atoms in total. The minimum Gasteiger partial charge on any atom is -0.872 e. The van der Waals surface area contributed by atoms with Gasteiger partial charge in [0.1, 0.15) is 0 Å². The first kappa shape index (κ1) is 28.7. The predicted molar refractivity (Wildman–Crippen MR) is 113 cm³/mol. The predicted octanol–water partition coefficient (Wildman–Crippen LogP) is 4.86. The molecule has 0 aliphatic carbocycles. The van der Waals surface area contributed by atoms with Crippen molar-refractivity contribution in [3.8, 4) is 11.5 Å². The summed E-state index contributed by atoms with van der Waals surface area (Å²) in [5.41, 5.74) is 7.84. The minimum atomic E-state index is 0. The molecular weight excluding hydrogens is 393 g/mol. The zero-order valence-corrected chi connectivity index (χ0v) is 19.4. The minimum absolute atomic E-state index is 0. The maximum Gasteiger partial charge on any atom is 2.00 e. The van der Waals surface area contributed by atoms with E-state index in [1.54, 1.807) is 24.3 Å². The van der Waals surface area contributed by atoms with Crippen LogP contribution >= 0.6 is 0 Å². The van der Waals surface area contributed by atoms with E-state index in [1.807, 2.05) is 24.3 Å². The topological polar surface area (TPSA) is 72.1 Å². The fraction of sp³-hybridized carbons (Fsp3) is 0.500. The van der Waals surface area contributed by atoms with Crippen molar-refractivity contribution < 1.29 is 26.7 Å². The van der Waals surface area contributed by atoms with Crippen molar-refractivity contribution in [2.45, 2.75) is 72.1 Å². The molecule has 0 aliphatic rings. The van der Waals surface area contributed by atoms with Gasteiger partial charge in [-0.1, -0.05) is 103 Å². The normalized spacial score (nSPS) is 10.6. The molecule has 0 bridgehead atoms. The van der Waals surface area contributed by atoms with Crippen LogP contribution in [-0.4, -0.2) is 6.54 Å². The van der Waals surface area contributed by atoms with Gasteiger partial charge in [-0.15, -0.1) is 11.5 Å². The fourth-order valence-electron chi connectivity index (χ4n) is 2.11. The monoisotopic (exact) mass is 429 g/mol. The van der Waals surface area contributed by atoms with Gasteiger partial charge in [-0.2, -0.15) is 0 Å². The average molecular weight is 430 g/mol. The van der Waals surface area contributed by atoms with Crippen LogP contribution in [0.4, 0.5) is 0 Å². The first-order valence-electron chi connectivity index (χ1n) is 9.67. The van der Waals surface area contributed by atoms with E-state index < -0.39 is 0 Å². The van der Waals surface area contributed by atoms with Gasteiger partial charge in [-0.05, 0) is 34.9 Å². The van der Waals surface area contributed by atoms with E-state index in [1.165, 1.54) is 24.0 Å². The average Bonchev–Trinajstić information content (AvgIpc) is 2.56. The molecule has 2 aromatic carbocycles. The van der Waals surface area contributed by atoms with Gasteiger partial charge in [-0.25, -0.2) is 0 Å². The van der Waals surface area contributed by atoms with Crippen LogP contribution in [0.25, 0.3) is 0 Å². The van der Waals surface area contributed by atoms with Crippen LogP contribution in [0.3, 0.4) is 0 Å². The molecule has 2 rings (SSSR count). The number of rotatable bonds is 2. The molecule has 28 heavy (non-hydrogen) atoms. The zero-order valence-electron chi connectivity index (χ0n) is 18.5. The van der Waals surface area contributed by atoms with E-state index in [9.17, 15) is 10.2 Å². The van der Waals surface area contributed by atoms with Crippen LogP contribution in [0.5, 0.6) is 11.5 Å². The van der Waals surface area contributed by atoms with Gasteiger partial charge in [-0.3, -0.25) is 0 Å². The summed E-state index contributed by atoms with van der Waals surface area (Å²) in [6.07, 6.45) is 2.39. The number of hydrogen-bond donors (Lipinski definition) is 1. The molecule has 0 aliphatic heterocycles. The fourth-order valence-corrected chi connectivity index (χ4v) is 2.11. The summed E-state index contributed by atoms with van der Waals surface area (Å²) in [6, 6.07) is 14.0. The van der Waals surface area contributed by atoms with E-state index >= 15 is 0 Å². The van der Waals surface area contributed by atoms with Gasteiger partial charge in [0.15, 0.2) is 0 Å². The van der Waals surface area contributed by atoms with Crippen molar-refractivity contribution in [3.63, 3.8) is 0 Å². The molecule has 0 atom stereocenters. The van der Waals surface area contributed by atoms with Gasteiger partial charge in [0, 0.05) is 0 Å². The summed E-state index contributed by atoms with van der Waals surface area (Å²) in [5.74, 6) is 0.163. The number of unbranched alkanes of at least 4 members (excludes halogenated alkanes) is 1. The van der Waals surface area contributed by atoms with Crippen LogP contribution in [0, 0.1) is 0 Å². The van der Waals surface area contributed by atoms with E-state index in [4.69, 9.17) is 5.73 Å². The third kappa shape index (κ3) is 12.8. The Morgan fingerprint density at radius 3 is 1.11 bits per heavy atom. The second-order valence-corrected chi connectivity index (χ2v) is 8.69. The van der Waals surface area contributed by atoms with Gasteiger partial charge in [0.25, 0.3) is 0 Å². The Bertz CT molecular complexity index is 566. The SMILES string of the molecule is CC(C)(C)c1ccc([O-])cc1.CC(C)(C)c1ccc([O-])cc1.CCCCN.[Ni+2]. The van der Waals surface area contributed by atoms with Gasteiger partial charge in [0.05, 0.1) is 0 Å². The molecular formula is C24H37NNiO2. The quantitative estimate of drug-likeness (QED) is 0.692. The summed E-state index contributed by atoms with van der Waals surface area (Å²) in [5, 5.41) is 21.5. The molecule has 0 spiro atoms. The van der Waals surface area contributed by atoms with Crippen LogP contribution in [-0.2, 0) is 27.3 Å². The molecule has 160 valence electrons.